The number of piperazine rings is 1. The van der Waals surface area contributed by atoms with Crippen molar-refractivity contribution in [3.8, 4) is 5.75 Å². The van der Waals surface area contributed by atoms with Gasteiger partial charge in [0.25, 0.3) is 11.8 Å². The van der Waals surface area contributed by atoms with Gasteiger partial charge in [-0.15, -0.1) is 0 Å². The highest BCUT2D eigenvalue weighted by Crippen LogP contribution is 2.26. The topological polar surface area (TPSA) is 179 Å². The summed E-state index contributed by atoms with van der Waals surface area (Å²) in [6.07, 6.45) is -0.220. The van der Waals surface area contributed by atoms with Gasteiger partial charge in [0, 0.05) is 57.1 Å². The van der Waals surface area contributed by atoms with E-state index >= 15 is 0 Å². The third-order valence-corrected chi connectivity index (χ3v) is 7.38. The minimum atomic E-state index is -1.15. The number of nitrogens with one attached hydrogen (secondary N) is 1. The number of pyridine rings is 1. The highest BCUT2D eigenvalue weighted by Gasteiger charge is 2.31. The predicted molar refractivity (Wildman–Crippen MR) is 152 cm³/mol. The van der Waals surface area contributed by atoms with Crippen LogP contribution in [0.1, 0.15) is 43.1 Å². The second kappa shape index (κ2) is 14.6. The van der Waals surface area contributed by atoms with E-state index < -0.39 is 36.0 Å². The number of aliphatic hydroxyl groups is 1. The van der Waals surface area contributed by atoms with Crippen molar-refractivity contribution >= 4 is 40.7 Å². The fraction of sp³-hybridized carbons (Fsp3) is 0.517. The number of benzene rings is 1. The summed E-state index contributed by atoms with van der Waals surface area (Å²) in [5.74, 6) is -2.36. The second-order valence-corrected chi connectivity index (χ2v) is 10.4. The van der Waals surface area contributed by atoms with Crippen LogP contribution < -0.4 is 10.1 Å². The van der Waals surface area contributed by atoms with E-state index in [9.17, 15) is 34.2 Å². The maximum absolute atomic E-state index is 13.4. The van der Waals surface area contributed by atoms with Gasteiger partial charge in [-0.3, -0.25) is 19.2 Å². The number of β-amino-alcohol motifs (C(OH)–C–C–N with tert-alkyl or cyclic N) is 1. The summed E-state index contributed by atoms with van der Waals surface area (Å²) >= 11 is 0. The molecular weight excluding hydrogens is 562 g/mol. The summed E-state index contributed by atoms with van der Waals surface area (Å²) in [6.45, 7) is 3.27. The summed E-state index contributed by atoms with van der Waals surface area (Å²) in [5.41, 5.74) is 0.351. The first-order valence-electron chi connectivity index (χ1n) is 14.4. The fourth-order valence-corrected chi connectivity index (χ4v) is 5.09. The van der Waals surface area contributed by atoms with Gasteiger partial charge < -0.3 is 39.7 Å². The Labute approximate surface area is 248 Å². The summed E-state index contributed by atoms with van der Waals surface area (Å²) in [4.78, 5) is 71.8. The van der Waals surface area contributed by atoms with Crippen LogP contribution in [0, 0.1) is 0 Å². The quantitative estimate of drug-likeness (QED) is 0.355. The lowest BCUT2D eigenvalue weighted by Crippen LogP contribution is -2.56. The van der Waals surface area contributed by atoms with E-state index in [4.69, 9.17) is 9.47 Å². The molecule has 4 amide bonds. The number of carbonyl (C=O) groups is 5. The van der Waals surface area contributed by atoms with E-state index in [1.807, 2.05) is 0 Å². The number of aliphatic carboxylic acids is 1. The first kappa shape index (κ1) is 31.5. The van der Waals surface area contributed by atoms with Crippen molar-refractivity contribution < 1.29 is 43.7 Å². The number of para-hydroxylation sites is 1. The number of aliphatic hydroxyl groups excluding tert-OH is 1. The Morgan fingerprint density at radius 2 is 1.77 bits per heavy atom. The number of carboxylic acid groups (broad SMARTS) is 1. The number of fused-ring (bicyclic) bond motifs is 1. The van der Waals surface area contributed by atoms with Crippen LogP contribution in [0.25, 0.3) is 10.9 Å². The number of carbonyl (C=O) groups excluding carboxylic acids is 4. The van der Waals surface area contributed by atoms with E-state index in [0.29, 0.717) is 30.3 Å². The molecule has 2 aliphatic rings. The van der Waals surface area contributed by atoms with Crippen LogP contribution in [-0.2, 0) is 19.1 Å². The molecule has 2 saturated heterocycles. The van der Waals surface area contributed by atoms with Crippen molar-refractivity contribution in [2.75, 3.05) is 52.5 Å². The standard InChI is InChI=1S/C29H37N5O9/c1-2-42-29(41)33-14-12-32(13-15-33)28(40)22(9-10-26(37)38)31-27(39)23-16-24(20-7-3-4-8-21(20)30-23)43-18-25(36)34-11-5-6-19(35)17-34/h3-4,7-8,16,19,22,35H,2,5-6,9-15,17-18H2,1H3,(H,31,39)(H,37,38)/t19-,22?/m0/s1. The maximum Gasteiger partial charge on any atom is 0.409 e. The molecule has 1 aromatic heterocycles. The first-order chi connectivity index (χ1) is 20.7. The molecule has 1 aromatic carbocycles. The van der Waals surface area contributed by atoms with Crippen LogP contribution in [0.3, 0.4) is 0 Å². The van der Waals surface area contributed by atoms with E-state index in [1.165, 1.54) is 20.8 Å². The highest BCUT2D eigenvalue weighted by molar-refractivity contribution is 5.99. The second-order valence-electron chi connectivity index (χ2n) is 10.4. The molecule has 2 atom stereocenters. The number of hydrogen-bond donors (Lipinski definition) is 3. The number of rotatable bonds is 10. The molecule has 232 valence electrons. The molecule has 0 bridgehead atoms. The van der Waals surface area contributed by atoms with Crippen LogP contribution in [0.15, 0.2) is 30.3 Å². The molecule has 2 fully saturated rings. The van der Waals surface area contributed by atoms with Crippen LogP contribution in [0.5, 0.6) is 5.75 Å². The van der Waals surface area contributed by atoms with Gasteiger partial charge in [0.15, 0.2) is 6.61 Å². The zero-order valence-corrected chi connectivity index (χ0v) is 24.1. The van der Waals surface area contributed by atoms with Crippen molar-refractivity contribution in [1.29, 1.82) is 0 Å². The van der Waals surface area contributed by atoms with Crippen molar-refractivity contribution in [2.24, 2.45) is 0 Å². The summed E-state index contributed by atoms with van der Waals surface area (Å²) in [7, 11) is 0. The number of carboxylic acids is 1. The molecule has 0 spiro atoms. The molecule has 3 N–H and O–H groups in total. The third kappa shape index (κ3) is 8.31. The molecule has 0 saturated carbocycles. The normalized spacial score (nSPS) is 17.7. The van der Waals surface area contributed by atoms with Gasteiger partial charge in [-0.2, -0.15) is 0 Å². The SMILES string of the molecule is CCOC(=O)N1CCN(C(=O)C(CCC(=O)O)NC(=O)c2cc(OCC(=O)N3CCC[C@H](O)C3)c3ccccc3n2)CC1. The number of amides is 4. The van der Waals surface area contributed by atoms with Gasteiger partial charge in [0.1, 0.15) is 17.5 Å². The van der Waals surface area contributed by atoms with E-state index in [-0.39, 0.29) is 76.1 Å². The number of likely N-dealkylation sites (tertiary alicyclic amines) is 1. The maximum atomic E-state index is 13.4. The van der Waals surface area contributed by atoms with E-state index in [0.717, 1.165) is 0 Å². The molecule has 2 aliphatic heterocycles. The first-order valence-corrected chi connectivity index (χ1v) is 14.4. The molecule has 2 aromatic rings. The Morgan fingerprint density at radius 1 is 1.05 bits per heavy atom. The lowest BCUT2D eigenvalue weighted by Gasteiger charge is -2.35. The number of aromatic nitrogens is 1. The number of piperidine rings is 1. The van der Waals surface area contributed by atoms with E-state index in [1.54, 1.807) is 31.2 Å². The molecular formula is C29H37N5O9. The number of hydrogen-bond acceptors (Lipinski definition) is 9. The molecule has 43 heavy (non-hydrogen) atoms. The van der Waals surface area contributed by atoms with Crippen molar-refractivity contribution in [3.63, 3.8) is 0 Å². The van der Waals surface area contributed by atoms with Crippen molar-refractivity contribution in [3.05, 3.63) is 36.0 Å². The van der Waals surface area contributed by atoms with Gasteiger partial charge in [-0.05, 0) is 38.3 Å². The number of ether oxygens (including phenoxy) is 2. The van der Waals surface area contributed by atoms with Crippen LogP contribution >= 0.6 is 0 Å². The molecule has 0 aliphatic carbocycles. The van der Waals surface area contributed by atoms with Crippen molar-refractivity contribution in [2.45, 2.75) is 44.8 Å². The zero-order chi connectivity index (χ0) is 30.9. The monoisotopic (exact) mass is 599 g/mol. The van der Waals surface area contributed by atoms with Crippen molar-refractivity contribution in [1.82, 2.24) is 25.0 Å². The molecule has 0 radical (unpaired) electrons. The Morgan fingerprint density at radius 3 is 2.47 bits per heavy atom. The van der Waals surface area contributed by atoms with Gasteiger partial charge in [-0.25, -0.2) is 9.78 Å². The van der Waals surface area contributed by atoms with Crippen LogP contribution in [-0.4, -0.2) is 124 Å². The Balaban J connectivity index is 1.48. The lowest BCUT2D eigenvalue weighted by molar-refractivity contribution is -0.138. The highest BCUT2D eigenvalue weighted by atomic mass is 16.6. The Kier molecular flexibility index (Phi) is 10.7. The average Bonchev–Trinajstić information content (AvgIpc) is 3.01. The average molecular weight is 600 g/mol. The van der Waals surface area contributed by atoms with Gasteiger partial charge in [0.2, 0.25) is 5.91 Å². The largest absolute Gasteiger partial charge is 0.483 e. The fourth-order valence-electron chi connectivity index (χ4n) is 5.09. The summed E-state index contributed by atoms with van der Waals surface area (Å²) in [5, 5.41) is 22.4. The Bertz CT molecular complexity index is 1340. The zero-order valence-electron chi connectivity index (χ0n) is 24.1. The molecule has 4 rings (SSSR count). The molecule has 14 nitrogen and oxygen atoms in total. The van der Waals surface area contributed by atoms with Gasteiger partial charge in [0.05, 0.1) is 18.2 Å². The Hall–Kier alpha value is -4.46. The smallest absolute Gasteiger partial charge is 0.409 e. The lowest BCUT2D eigenvalue weighted by atomic mass is 10.1. The summed E-state index contributed by atoms with van der Waals surface area (Å²) in [6, 6.07) is 7.15. The minimum Gasteiger partial charge on any atom is -0.483 e. The molecule has 1 unspecified atom stereocenters. The molecule has 3 heterocycles. The molecule has 14 heteroatoms. The number of nitrogens with zero attached hydrogens (tertiary/aromatic N) is 4. The van der Waals surface area contributed by atoms with Crippen LogP contribution in [0.4, 0.5) is 4.79 Å². The predicted octanol–water partition coefficient (Wildman–Crippen LogP) is 0.861. The van der Waals surface area contributed by atoms with Gasteiger partial charge in [-0.1, -0.05) is 12.1 Å². The summed E-state index contributed by atoms with van der Waals surface area (Å²) < 4.78 is 10.9. The minimum absolute atomic E-state index is 0.0743. The van der Waals surface area contributed by atoms with Crippen LogP contribution in [0.2, 0.25) is 0 Å². The van der Waals surface area contributed by atoms with Gasteiger partial charge >= 0.3 is 12.1 Å². The third-order valence-electron chi connectivity index (χ3n) is 7.38. The van der Waals surface area contributed by atoms with E-state index in [2.05, 4.69) is 10.3 Å².